The maximum atomic E-state index is 11.0. The summed E-state index contributed by atoms with van der Waals surface area (Å²) >= 11 is 0. The van der Waals surface area contributed by atoms with Gasteiger partial charge in [0.2, 0.25) is 0 Å². The number of hydrogen-bond acceptors (Lipinski definition) is 2. The first-order valence-electron chi connectivity index (χ1n) is 5.71. The molecule has 88 valence electrons. The van der Waals surface area contributed by atoms with E-state index in [-0.39, 0.29) is 0 Å². The van der Waals surface area contributed by atoms with Gasteiger partial charge in [-0.15, -0.1) is 0 Å². The number of amides is 1. The summed E-state index contributed by atoms with van der Waals surface area (Å²) in [5.41, 5.74) is 0.997. The molecule has 1 aliphatic rings. The fourth-order valence-electron chi connectivity index (χ4n) is 1.76. The molecule has 5 heteroatoms. The quantitative estimate of drug-likeness (QED) is 0.771. The van der Waals surface area contributed by atoms with Crippen LogP contribution < -0.4 is 0 Å². The van der Waals surface area contributed by atoms with Crippen molar-refractivity contribution in [1.82, 2.24) is 14.9 Å². The summed E-state index contributed by atoms with van der Waals surface area (Å²) in [6.07, 6.45) is 6.74. The number of carboxylic acid groups (broad SMARTS) is 1. The average Bonchev–Trinajstić information content (AvgIpc) is 2.91. The van der Waals surface area contributed by atoms with E-state index in [1.165, 1.54) is 17.7 Å². The van der Waals surface area contributed by atoms with Crippen molar-refractivity contribution < 1.29 is 9.90 Å². The van der Waals surface area contributed by atoms with Crippen molar-refractivity contribution in [3.8, 4) is 0 Å². The Balaban J connectivity index is 1.70. The van der Waals surface area contributed by atoms with Gasteiger partial charge in [-0.3, -0.25) is 0 Å². The van der Waals surface area contributed by atoms with Crippen LogP contribution in [0.3, 0.4) is 0 Å². The number of H-pyrrole nitrogens is 1. The Morgan fingerprint density at radius 2 is 2.44 bits per heavy atom. The molecular weight excluding hydrogens is 206 g/mol. The molecule has 2 N–H and O–H groups in total. The van der Waals surface area contributed by atoms with Gasteiger partial charge in [-0.1, -0.05) is 0 Å². The fraction of sp³-hybridized carbons (Fsp3) is 0.636. The van der Waals surface area contributed by atoms with E-state index in [0.717, 1.165) is 18.5 Å². The number of imidazole rings is 1. The predicted octanol–water partition coefficient (Wildman–Crippen LogP) is 1.73. The van der Waals surface area contributed by atoms with E-state index in [2.05, 4.69) is 9.97 Å². The van der Waals surface area contributed by atoms with Crippen molar-refractivity contribution in [2.24, 2.45) is 5.92 Å². The van der Waals surface area contributed by atoms with Crippen LogP contribution in [-0.2, 0) is 6.42 Å². The summed E-state index contributed by atoms with van der Waals surface area (Å²) < 4.78 is 0. The summed E-state index contributed by atoms with van der Waals surface area (Å²) in [6.45, 7) is 1.31. The van der Waals surface area contributed by atoms with E-state index in [9.17, 15) is 4.79 Å². The Kier molecular flexibility index (Phi) is 3.44. The lowest BCUT2D eigenvalue weighted by molar-refractivity contribution is 0.142. The lowest BCUT2D eigenvalue weighted by atomic mass is 10.2. The smallest absolute Gasteiger partial charge is 0.407 e. The number of nitrogens with zero attached hydrogens (tertiary/aromatic N) is 2. The van der Waals surface area contributed by atoms with E-state index in [0.29, 0.717) is 19.0 Å². The lowest BCUT2D eigenvalue weighted by Crippen LogP contribution is -2.32. The fourth-order valence-corrected chi connectivity index (χ4v) is 1.76. The molecule has 0 bridgehead atoms. The number of aromatic nitrogens is 2. The Hall–Kier alpha value is -1.52. The Morgan fingerprint density at radius 1 is 1.62 bits per heavy atom. The van der Waals surface area contributed by atoms with Crippen molar-refractivity contribution in [3.05, 3.63) is 18.2 Å². The average molecular weight is 223 g/mol. The number of rotatable bonds is 6. The number of aryl methyl sites for hydroxylation is 1. The third-order valence-corrected chi connectivity index (χ3v) is 2.86. The third-order valence-electron chi connectivity index (χ3n) is 2.86. The SMILES string of the molecule is O=C(O)N(CCCc1c[nH]cn1)CC1CC1. The first-order valence-corrected chi connectivity index (χ1v) is 5.71. The van der Waals surface area contributed by atoms with Crippen LogP contribution in [0.15, 0.2) is 12.5 Å². The molecule has 0 aliphatic heterocycles. The highest BCUT2D eigenvalue weighted by Gasteiger charge is 2.26. The second-order valence-corrected chi connectivity index (χ2v) is 4.34. The van der Waals surface area contributed by atoms with E-state index in [1.54, 1.807) is 6.33 Å². The van der Waals surface area contributed by atoms with Crippen LogP contribution in [0.5, 0.6) is 0 Å². The second-order valence-electron chi connectivity index (χ2n) is 4.34. The first kappa shape index (κ1) is 11.0. The van der Waals surface area contributed by atoms with Gasteiger partial charge >= 0.3 is 6.09 Å². The Bertz CT molecular complexity index is 333. The maximum absolute atomic E-state index is 11.0. The molecule has 0 atom stereocenters. The van der Waals surface area contributed by atoms with Crippen LogP contribution in [0.1, 0.15) is 25.0 Å². The molecule has 1 aliphatic carbocycles. The van der Waals surface area contributed by atoms with Crippen LogP contribution >= 0.6 is 0 Å². The van der Waals surface area contributed by atoms with E-state index in [4.69, 9.17) is 5.11 Å². The molecule has 1 saturated carbocycles. The van der Waals surface area contributed by atoms with Gasteiger partial charge in [0, 0.05) is 19.3 Å². The third kappa shape index (κ3) is 3.25. The highest BCUT2D eigenvalue weighted by atomic mass is 16.4. The molecule has 1 amide bonds. The van der Waals surface area contributed by atoms with Gasteiger partial charge in [-0.2, -0.15) is 0 Å². The van der Waals surface area contributed by atoms with Crippen LogP contribution in [0.25, 0.3) is 0 Å². The van der Waals surface area contributed by atoms with Crippen LogP contribution in [0.2, 0.25) is 0 Å². The molecule has 1 fully saturated rings. The monoisotopic (exact) mass is 223 g/mol. The highest BCUT2D eigenvalue weighted by molar-refractivity contribution is 5.64. The number of carbonyl (C=O) groups is 1. The Morgan fingerprint density at radius 3 is 3.00 bits per heavy atom. The molecule has 0 radical (unpaired) electrons. The molecule has 0 spiro atoms. The van der Waals surface area contributed by atoms with Crippen LogP contribution in [0, 0.1) is 5.92 Å². The summed E-state index contributed by atoms with van der Waals surface area (Å²) in [4.78, 5) is 19.5. The molecule has 16 heavy (non-hydrogen) atoms. The lowest BCUT2D eigenvalue weighted by Gasteiger charge is -2.18. The molecule has 5 nitrogen and oxygen atoms in total. The summed E-state index contributed by atoms with van der Waals surface area (Å²) in [5, 5.41) is 9.01. The van der Waals surface area contributed by atoms with Crippen molar-refractivity contribution >= 4 is 6.09 Å². The van der Waals surface area contributed by atoms with Gasteiger partial charge in [0.05, 0.1) is 12.0 Å². The summed E-state index contributed by atoms with van der Waals surface area (Å²) in [5.74, 6) is 0.612. The molecule has 2 rings (SSSR count). The summed E-state index contributed by atoms with van der Waals surface area (Å²) in [6, 6.07) is 0. The molecule has 0 aromatic carbocycles. The van der Waals surface area contributed by atoms with E-state index in [1.807, 2.05) is 6.20 Å². The zero-order chi connectivity index (χ0) is 11.4. The molecule has 1 aromatic rings. The zero-order valence-electron chi connectivity index (χ0n) is 9.22. The standard InChI is InChI=1S/C11H17N3O2/c15-11(16)14(7-9-3-4-9)5-1-2-10-6-12-8-13-10/h6,8-9H,1-5,7H2,(H,12,13)(H,15,16). The summed E-state index contributed by atoms with van der Waals surface area (Å²) in [7, 11) is 0. The predicted molar refractivity (Wildman–Crippen MR) is 59.2 cm³/mol. The molecule has 1 heterocycles. The Labute approximate surface area is 94.5 Å². The largest absolute Gasteiger partial charge is 0.465 e. The number of hydrogen-bond donors (Lipinski definition) is 2. The molecule has 1 aromatic heterocycles. The molecule has 0 saturated heterocycles. The minimum atomic E-state index is -0.797. The van der Waals surface area contributed by atoms with Gasteiger partial charge in [-0.25, -0.2) is 9.78 Å². The van der Waals surface area contributed by atoms with Crippen LogP contribution in [0.4, 0.5) is 4.79 Å². The maximum Gasteiger partial charge on any atom is 0.407 e. The minimum Gasteiger partial charge on any atom is -0.465 e. The van der Waals surface area contributed by atoms with E-state index >= 15 is 0 Å². The second kappa shape index (κ2) is 5.01. The van der Waals surface area contributed by atoms with E-state index < -0.39 is 6.09 Å². The number of nitrogens with one attached hydrogen (secondary N) is 1. The van der Waals surface area contributed by atoms with Gasteiger partial charge in [0.15, 0.2) is 0 Å². The molecule has 0 unspecified atom stereocenters. The van der Waals surface area contributed by atoms with Crippen molar-refractivity contribution in [2.45, 2.75) is 25.7 Å². The topological polar surface area (TPSA) is 69.2 Å². The minimum absolute atomic E-state index is 0.610. The van der Waals surface area contributed by atoms with Gasteiger partial charge in [0.1, 0.15) is 0 Å². The normalized spacial score (nSPS) is 15.0. The highest BCUT2D eigenvalue weighted by Crippen LogP contribution is 2.29. The van der Waals surface area contributed by atoms with Crippen LogP contribution in [-0.4, -0.2) is 39.2 Å². The first-order chi connectivity index (χ1) is 7.75. The molecular formula is C11H17N3O2. The van der Waals surface area contributed by atoms with Crippen molar-refractivity contribution in [2.75, 3.05) is 13.1 Å². The van der Waals surface area contributed by atoms with Gasteiger partial charge in [0.25, 0.3) is 0 Å². The van der Waals surface area contributed by atoms with Gasteiger partial charge in [-0.05, 0) is 31.6 Å². The van der Waals surface area contributed by atoms with Crippen molar-refractivity contribution in [1.29, 1.82) is 0 Å². The van der Waals surface area contributed by atoms with Gasteiger partial charge < -0.3 is 15.0 Å². The zero-order valence-corrected chi connectivity index (χ0v) is 9.22. The van der Waals surface area contributed by atoms with Crippen molar-refractivity contribution in [3.63, 3.8) is 0 Å². The number of aromatic amines is 1.